The van der Waals surface area contributed by atoms with E-state index in [1.807, 2.05) is 42.5 Å². The van der Waals surface area contributed by atoms with Gasteiger partial charge in [0.05, 0.1) is 24.6 Å². The van der Waals surface area contributed by atoms with Crippen molar-refractivity contribution >= 4 is 40.4 Å². The Labute approximate surface area is 255 Å². The van der Waals surface area contributed by atoms with Gasteiger partial charge < -0.3 is 35.9 Å². The first kappa shape index (κ1) is 30.6. The number of methoxy groups -OCH3 is 1. The normalized spacial score (nSPS) is 16.3. The standard InChI is InChI=1S/C32H38N6O6/c1-44-26-13-7-12-23-27(26)22(18-34-23)29(40)36-24(16-20-8-5-6-9-20)30(41)37-25(19-38-15-14-33-32(38)43)28(39)31(42)35-17-21-10-3-2-4-11-21/h2-4,7,10-13,18,20,24-25,34H,5-6,8-9,14-17,19H2,1H3,(H,33,43)(H,35,42)(H,36,40)(H,37,41)/t24-,25-/m0/s1. The van der Waals surface area contributed by atoms with Crippen LogP contribution in [0.2, 0.25) is 0 Å². The van der Waals surface area contributed by atoms with Gasteiger partial charge >= 0.3 is 6.03 Å². The summed E-state index contributed by atoms with van der Waals surface area (Å²) in [5.41, 5.74) is 1.84. The Balaban J connectivity index is 1.34. The number of nitrogens with zero attached hydrogens (tertiary/aromatic N) is 1. The van der Waals surface area contributed by atoms with Gasteiger partial charge in [-0.15, -0.1) is 0 Å². The van der Waals surface area contributed by atoms with Crippen LogP contribution in [-0.2, 0) is 20.9 Å². The maximum Gasteiger partial charge on any atom is 0.317 e. The summed E-state index contributed by atoms with van der Waals surface area (Å²) >= 11 is 0. The number of carbonyl (C=O) groups is 5. The fourth-order valence-electron chi connectivity index (χ4n) is 5.94. The van der Waals surface area contributed by atoms with Crippen LogP contribution in [0, 0.1) is 5.92 Å². The van der Waals surface area contributed by atoms with Crippen LogP contribution in [0.4, 0.5) is 4.79 Å². The van der Waals surface area contributed by atoms with Crippen LogP contribution in [0.25, 0.3) is 10.9 Å². The molecule has 12 nitrogen and oxygen atoms in total. The summed E-state index contributed by atoms with van der Waals surface area (Å²) < 4.78 is 5.47. The lowest BCUT2D eigenvalue weighted by atomic mass is 9.97. The third kappa shape index (κ3) is 7.19. The smallest absolute Gasteiger partial charge is 0.317 e. The Morgan fingerprint density at radius 2 is 1.77 bits per heavy atom. The highest BCUT2D eigenvalue weighted by molar-refractivity contribution is 6.38. The van der Waals surface area contributed by atoms with Crippen molar-refractivity contribution in [2.24, 2.45) is 5.92 Å². The molecule has 232 valence electrons. The van der Waals surface area contributed by atoms with Crippen LogP contribution in [0.5, 0.6) is 5.75 Å². The lowest BCUT2D eigenvalue weighted by molar-refractivity contribution is -0.140. The average molecular weight is 603 g/mol. The van der Waals surface area contributed by atoms with Crippen molar-refractivity contribution in [3.05, 3.63) is 65.9 Å². The van der Waals surface area contributed by atoms with Crippen molar-refractivity contribution < 1.29 is 28.7 Å². The molecule has 0 radical (unpaired) electrons. The van der Waals surface area contributed by atoms with Crippen molar-refractivity contribution in [2.75, 3.05) is 26.7 Å². The Morgan fingerprint density at radius 3 is 2.48 bits per heavy atom. The largest absolute Gasteiger partial charge is 0.496 e. The van der Waals surface area contributed by atoms with E-state index in [1.165, 1.54) is 12.0 Å². The van der Waals surface area contributed by atoms with Crippen molar-refractivity contribution in [2.45, 2.75) is 50.7 Å². The number of fused-ring (bicyclic) bond motifs is 1. The second-order valence-electron chi connectivity index (χ2n) is 11.3. The highest BCUT2D eigenvalue weighted by Gasteiger charge is 2.35. The van der Waals surface area contributed by atoms with Gasteiger partial charge in [0.1, 0.15) is 17.8 Å². The molecule has 1 aliphatic carbocycles. The molecule has 0 bridgehead atoms. The molecule has 2 heterocycles. The number of benzene rings is 2. The number of aromatic amines is 1. The quantitative estimate of drug-likeness (QED) is 0.189. The zero-order valence-corrected chi connectivity index (χ0v) is 24.7. The van der Waals surface area contributed by atoms with Gasteiger partial charge in [0.15, 0.2) is 0 Å². The number of carbonyl (C=O) groups excluding carboxylic acids is 5. The number of Topliss-reactive ketones (excluding diaryl/α,β-unsaturated/α-hetero) is 1. The van der Waals surface area contributed by atoms with Gasteiger partial charge in [0.25, 0.3) is 11.8 Å². The maximum absolute atomic E-state index is 13.8. The predicted octanol–water partition coefficient (Wildman–Crippen LogP) is 2.25. The van der Waals surface area contributed by atoms with Gasteiger partial charge in [-0.2, -0.15) is 0 Å². The monoisotopic (exact) mass is 602 g/mol. The van der Waals surface area contributed by atoms with Crippen molar-refractivity contribution in [1.29, 1.82) is 0 Å². The molecule has 2 aromatic carbocycles. The highest BCUT2D eigenvalue weighted by Crippen LogP contribution is 2.30. The van der Waals surface area contributed by atoms with E-state index in [0.717, 1.165) is 31.2 Å². The molecule has 3 aromatic rings. The number of rotatable bonds is 13. The van der Waals surface area contributed by atoms with Gasteiger partial charge in [0, 0.05) is 31.3 Å². The van der Waals surface area contributed by atoms with E-state index < -0.39 is 35.6 Å². The van der Waals surface area contributed by atoms with Crippen molar-refractivity contribution in [3.63, 3.8) is 0 Å². The van der Waals surface area contributed by atoms with Gasteiger partial charge in [-0.3, -0.25) is 19.2 Å². The number of amides is 5. The second kappa shape index (κ2) is 14.1. The predicted molar refractivity (Wildman–Crippen MR) is 163 cm³/mol. The Morgan fingerprint density at radius 1 is 1.00 bits per heavy atom. The van der Waals surface area contributed by atoms with Crippen LogP contribution in [0.1, 0.15) is 48.0 Å². The van der Waals surface area contributed by atoms with Gasteiger partial charge in [0.2, 0.25) is 11.7 Å². The van der Waals surface area contributed by atoms with E-state index in [2.05, 4.69) is 26.3 Å². The topological polar surface area (TPSA) is 162 Å². The van der Waals surface area contributed by atoms with Crippen molar-refractivity contribution in [1.82, 2.24) is 31.2 Å². The fraction of sp³-hybridized carbons (Fsp3) is 0.406. The van der Waals surface area contributed by atoms with Crippen LogP contribution >= 0.6 is 0 Å². The molecule has 0 unspecified atom stereocenters. The molecule has 2 atom stereocenters. The van der Waals surface area contributed by atoms with Crippen LogP contribution in [-0.4, -0.2) is 78.2 Å². The SMILES string of the molecule is COc1cccc2[nH]cc(C(=O)N[C@@H](CC3CCCC3)C(=O)N[C@@H](CN3CCNC3=O)C(=O)C(=O)NCc3ccccc3)c12. The summed E-state index contributed by atoms with van der Waals surface area (Å²) in [4.78, 5) is 70.5. The number of hydrogen-bond acceptors (Lipinski definition) is 6. The molecule has 1 saturated heterocycles. The maximum atomic E-state index is 13.8. The molecule has 5 N–H and O–H groups in total. The molecule has 2 fully saturated rings. The van der Waals surface area contributed by atoms with Crippen LogP contribution in [0.3, 0.4) is 0 Å². The Kier molecular flexibility index (Phi) is 9.78. The first-order valence-electron chi connectivity index (χ1n) is 15.0. The molecule has 1 aromatic heterocycles. The summed E-state index contributed by atoms with van der Waals surface area (Å²) in [6, 6.07) is 11.9. The number of ether oxygens (including phenoxy) is 1. The first-order valence-corrected chi connectivity index (χ1v) is 15.0. The lowest BCUT2D eigenvalue weighted by Gasteiger charge is -2.26. The Bertz CT molecular complexity index is 1520. The second-order valence-corrected chi connectivity index (χ2v) is 11.3. The summed E-state index contributed by atoms with van der Waals surface area (Å²) in [7, 11) is 1.52. The molecule has 5 rings (SSSR count). The number of nitrogens with one attached hydrogen (secondary N) is 5. The van der Waals surface area contributed by atoms with Gasteiger partial charge in [-0.1, -0.05) is 62.1 Å². The first-order chi connectivity index (χ1) is 21.3. The van der Waals surface area contributed by atoms with E-state index in [4.69, 9.17) is 4.74 Å². The minimum Gasteiger partial charge on any atom is -0.496 e. The molecule has 44 heavy (non-hydrogen) atoms. The third-order valence-electron chi connectivity index (χ3n) is 8.30. The Hall–Kier alpha value is -4.87. The van der Waals surface area contributed by atoms with E-state index in [0.29, 0.717) is 41.7 Å². The lowest BCUT2D eigenvalue weighted by Crippen LogP contribution is -2.57. The molecule has 2 aliphatic rings. The van der Waals surface area contributed by atoms with E-state index in [9.17, 15) is 24.0 Å². The van der Waals surface area contributed by atoms with Gasteiger partial charge in [-0.05, 0) is 30.0 Å². The summed E-state index contributed by atoms with van der Waals surface area (Å²) in [6.07, 6.45) is 5.89. The molecule has 1 saturated carbocycles. The molecule has 12 heteroatoms. The van der Waals surface area contributed by atoms with Gasteiger partial charge in [-0.25, -0.2) is 4.79 Å². The van der Waals surface area contributed by atoms with Crippen LogP contribution < -0.4 is 26.0 Å². The molecular weight excluding hydrogens is 564 g/mol. The van der Waals surface area contributed by atoms with Crippen molar-refractivity contribution in [3.8, 4) is 5.75 Å². The molecule has 1 aliphatic heterocycles. The summed E-state index contributed by atoms with van der Waals surface area (Å²) in [5, 5.41) is 11.5. The average Bonchev–Trinajstić information content (AvgIpc) is 3.81. The number of ketones is 1. The number of H-pyrrole nitrogens is 1. The zero-order chi connectivity index (χ0) is 31.1. The minimum absolute atomic E-state index is 0.130. The molecule has 5 amide bonds. The highest BCUT2D eigenvalue weighted by atomic mass is 16.5. The number of aromatic nitrogens is 1. The fourth-order valence-corrected chi connectivity index (χ4v) is 5.94. The number of hydrogen-bond donors (Lipinski definition) is 5. The molecule has 0 spiro atoms. The van der Waals surface area contributed by atoms with E-state index >= 15 is 0 Å². The third-order valence-corrected chi connectivity index (χ3v) is 8.30. The van der Waals surface area contributed by atoms with E-state index in [1.54, 1.807) is 12.3 Å². The number of urea groups is 1. The summed E-state index contributed by atoms with van der Waals surface area (Å²) in [5.74, 6) is -2.08. The zero-order valence-electron chi connectivity index (χ0n) is 24.7. The van der Waals surface area contributed by atoms with E-state index in [-0.39, 0.29) is 25.0 Å². The minimum atomic E-state index is -1.31. The summed E-state index contributed by atoms with van der Waals surface area (Å²) in [6.45, 7) is 0.667. The van der Waals surface area contributed by atoms with Crippen LogP contribution in [0.15, 0.2) is 54.7 Å². The molecular formula is C32H38N6O6.